The fourth-order valence-electron chi connectivity index (χ4n) is 2.83. The van der Waals surface area contributed by atoms with Crippen molar-refractivity contribution in [1.29, 1.82) is 0 Å². The number of primary amides is 1. The highest BCUT2D eigenvalue weighted by molar-refractivity contribution is 5.77. The number of hydrogen-bond acceptors (Lipinski definition) is 3. The van der Waals surface area contributed by atoms with Gasteiger partial charge < -0.3 is 16.0 Å². The van der Waals surface area contributed by atoms with Crippen LogP contribution >= 0.6 is 0 Å². The first-order chi connectivity index (χ1) is 10.1. The van der Waals surface area contributed by atoms with Crippen molar-refractivity contribution in [3.8, 4) is 0 Å². The molecule has 1 atom stereocenters. The van der Waals surface area contributed by atoms with Gasteiger partial charge in [-0.3, -0.25) is 4.79 Å². The number of carbonyl (C=O) groups is 1. The van der Waals surface area contributed by atoms with Crippen LogP contribution in [0.2, 0.25) is 0 Å². The summed E-state index contributed by atoms with van der Waals surface area (Å²) >= 11 is 0. The molecule has 2 rings (SSSR count). The van der Waals surface area contributed by atoms with Gasteiger partial charge in [0.1, 0.15) is 5.82 Å². The normalized spacial score (nSPS) is 18.8. The second kappa shape index (κ2) is 7.41. The van der Waals surface area contributed by atoms with Crippen LogP contribution in [-0.2, 0) is 11.3 Å². The Hall–Kier alpha value is -1.62. The van der Waals surface area contributed by atoms with Crippen molar-refractivity contribution in [1.82, 2.24) is 5.32 Å². The summed E-state index contributed by atoms with van der Waals surface area (Å²) in [5.74, 6) is -0.580. The fraction of sp³-hybridized carbons (Fsp3) is 0.562. The van der Waals surface area contributed by atoms with Crippen molar-refractivity contribution in [2.24, 2.45) is 11.7 Å². The number of halogens is 1. The van der Waals surface area contributed by atoms with Crippen molar-refractivity contribution in [3.63, 3.8) is 0 Å². The SMILES string of the molecule is CCCNCc1cc(F)ccc1N1CCCC(C(N)=O)C1. The molecule has 0 bridgehead atoms. The lowest BCUT2D eigenvalue weighted by molar-refractivity contribution is -0.122. The highest BCUT2D eigenvalue weighted by atomic mass is 19.1. The first kappa shape index (κ1) is 15.8. The van der Waals surface area contributed by atoms with Gasteiger partial charge >= 0.3 is 0 Å². The van der Waals surface area contributed by atoms with Crippen LogP contribution in [0.5, 0.6) is 0 Å². The fourth-order valence-corrected chi connectivity index (χ4v) is 2.83. The third-order valence-corrected chi connectivity index (χ3v) is 3.95. The zero-order chi connectivity index (χ0) is 15.2. The van der Waals surface area contributed by atoms with Crippen LogP contribution in [-0.4, -0.2) is 25.5 Å². The maximum Gasteiger partial charge on any atom is 0.222 e. The van der Waals surface area contributed by atoms with Crippen molar-refractivity contribution >= 4 is 11.6 Å². The Morgan fingerprint density at radius 3 is 3.05 bits per heavy atom. The number of piperidine rings is 1. The second-order valence-corrected chi connectivity index (χ2v) is 5.64. The molecule has 0 radical (unpaired) electrons. The number of nitrogens with one attached hydrogen (secondary N) is 1. The van der Waals surface area contributed by atoms with E-state index in [0.29, 0.717) is 13.1 Å². The average molecular weight is 293 g/mol. The molecule has 5 heteroatoms. The zero-order valence-electron chi connectivity index (χ0n) is 12.6. The maximum absolute atomic E-state index is 13.5. The van der Waals surface area contributed by atoms with Gasteiger partial charge in [-0.25, -0.2) is 4.39 Å². The average Bonchev–Trinajstić information content (AvgIpc) is 2.48. The van der Waals surface area contributed by atoms with E-state index >= 15 is 0 Å². The monoisotopic (exact) mass is 293 g/mol. The molecular formula is C16H24FN3O. The van der Waals surface area contributed by atoms with Gasteiger partial charge in [-0.15, -0.1) is 0 Å². The van der Waals surface area contributed by atoms with Crippen molar-refractivity contribution in [2.75, 3.05) is 24.5 Å². The van der Waals surface area contributed by atoms with Gasteiger partial charge in [0, 0.05) is 25.3 Å². The Balaban J connectivity index is 2.15. The number of benzene rings is 1. The quantitative estimate of drug-likeness (QED) is 0.789. The van der Waals surface area contributed by atoms with Crippen LogP contribution in [0.15, 0.2) is 18.2 Å². The molecule has 21 heavy (non-hydrogen) atoms. The van der Waals surface area contributed by atoms with Crippen LogP contribution in [0, 0.1) is 11.7 Å². The molecular weight excluding hydrogens is 269 g/mol. The van der Waals surface area contributed by atoms with E-state index in [4.69, 9.17) is 5.73 Å². The first-order valence-corrected chi connectivity index (χ1v) is 7.65. The molecule has 1 heterocycles. The minimum atomic E-state index is -0.243. The molecule has 1 aliphatic heterocycles. The third-order valence-electron chi connectivity index (χ3n) is 3.95. The summed E-state index contributed by atoms with van der Waals surface area (Å²) in [5, 5.41) is 3.31. The van der Waals surface area contributed by atoms with Crippen LogP contribution in [0.25, 0.3) is 0 Å². The Morgan fingerprint density at radius 2 is 2.33 bits per heavy atom. The molecule has 1 aliphatic rings. The van der Waals surface area contributed by atoms with E-state index in [2.05, 4.69) is 17.1 Å². The number of amides is 1. The molecule has 0 saturated carbocycles. The summed E-state index contributed by atoms with van der Waals surface area (Å²) in [6.07, 6.45) is 2.82. The Morgan fingerprint density at radius 1 is 1.52 bits per heavy atom. The van der Waals surface area contributed by atoms with Gasteiger partial charge in [0.05, 0.1) is 5.92 Å². The minimum Gasteiger partial charge on any atom is -0.370 e. The maximum atomic E-state index is 13.5. The number of hydrogen-bond donors (Lipinski definition) is 2. The van der Waals surface area contributed by atoms with Gasteiger partial charge in [-0.2, -0.15) is 0 Å². The van der Waals surface area contributed by atoms with Gasteiger partial charge in [-0.05, 0) is 49.6 Å². The molecule has 116 valence electrons. The number of carbonyl (C=O) groups excluding carboxylic acids is 1. The smallest absolute Gasteiger partial charge is 0.222 e. The van der Waals surface area contributed by atoms with Crippen LogP contribution < -0.4 is 16.0 Å². The molecule has 3 N–H and O–H groups in total. The largest absolute Gasteiger partial charge is 0.370 e. The van der Waals surface area contributed by atoms with E-state index in [1.165, 1.54) is 6.07 Å². The minimum absolute atomic E-state index is 0.111. The summed E-state index contributed by atoms with van der Waals surface area (Å²) in [4.78, 5) is 13.6. The molecule has 1 fully saturated rings. The highest BCUT2D eigenvalue weighted by Gasteiger charge is 2.25. The summed E-state index contributed by atoms with van der Waals surface area (Å²) in [6.45, 7) is 5.15. The lowest BCUT2D eigenvalue weighted by atomic mass is 9.96. The van der Waals surface area contributed by atoms with E-state index in [1.54, 1.807) is 6.07 Å². The summed E-state index contributed by atoms with van der Waals surface area (Å²) in [7, 11) is 0. The molecule has 1 unspecified atom stereocenters. The second-order valence-electron chi connectivity index (χ2n) is 5.64. The molecule has 0 aromatic heterocycles. The Bertz CT molecular complexity index is 492. The topological polar surface area (TPSA) is 58.4 Å². The number of rotatable bonds is 6. The lowest BCUT2D eigenvalue weighted by Crippen LogP contribution is -2.41. The number of anilines is 1. The standard InChI is InChI=1S/C16H24FN3O/c1-2-7-19-10-13-9-14(17)5-6-15(13)20-8-3-4-12(11-20)16(18)21/h5-6,9,12,19H,2-4,7-8,10-11H2,1H3,(H2,18,21). The molecule has 0 aliphatic carbocycles. The molecule has 0 spiro atoms. The van der Waals surface area contributed by atoms with E-state index in [-0.39, 0.29) is 17.6 Å². The molecule has 4 nitrogen and oxygen atoms in total. The number of nitrogens with two attached hydrogens (primary N) is 1. The lowest BCUT2D eigenvalue weighted by Gasteiger charge is -2.34. The van der Waals surface area contributed by atoms with Crippen LogP contribution in [0.4, 0.5) is 10.1 Å². The van der Waals surface area contributed by atoms with Gasteiger partial charge in [0.15, 0.2) is 0 Å². The highest BCUT2D eigenvalue weighted by Crippen LogP contribution is 2.27. The van der Waals surface area contributed by atoms with Crippen LogP contribution in [0.3, 0.4) is 0 Å². The predicted molar refractivity (Wildman–Crippen MR) is 82.5 cm³/mol. The third kappa shape index (κ3) is 4.17. The van der Waals surface area contributed by atoms with Crippen molar-refractivity contribution in [3.05, 3.63) is 29.6 Å². The predicted octanol–water partition coefficient (Wildman–Crippen LogP) is 2.03. The number of nitrogens with zero attached hydrogens (tertiary/aromatic N) is 1. The summed E-state index contributed by atoms with van der Waals surface area (Å²) < 4.78 is 13.5. The Kier molecular flexibility index (Phi) is 5.56. The van der Waals surface area contributed by atoms with Gasteiger partial charge in [0.2, 0.25) is 5.91 Å². The zero-order valence-corrected chi connectivity index (χ0v) is 12.6. The molecule has 1 amide bonds. The van der Waals surface area contributed by atoms with E-state index in [9.17, 15) is 9.18 Å². The first-order valence-electron chi connectivity index (χ1n) is 7.65. The molecule has 1 aromatic rings. The summed E-state index contributed by atoms with van der Waals surface area (Å²) in [6, 6.07) is 4.86. The molecule has 1 aromatic carbocycles. The Labute approximate surface area is 125 Å². The molecule has 1 saturated heterocycles. The van der Waals surface area contributed by atoms with Crippen LogP contribution in [0.1, 0.15) is 31.7 Å². The van der Waals surface area contributed by atoms with Gasteiger partial charge in [0.25, 0.3) is 0 Å². The van der Waals surface area contributed by atoms with E-state index < -0.39 is 0 Å². The van der Waals surface area contributed by atoms with Gasteiger partial charge in [-0.1, -0.05) is 6.92 Å². The van der Waals surface area contributed by atoms with Crippen molar-refractivity contribution < 1.29 is 9.18 Å². The van der Waals surface area contributed by atoms with Crippen molar-refractivity contribution in [2.45, 2.75) is 32.7 Å². The van der Waals surface area contributed by atoms with E-state index in [0.717, 1.165) is 43.6 Å². The summed E-state index contributed by atoms with van der Waals surface area (Å²) in [5.41, 5.74) is 7.37. The van der Waals surface area contributed by atoms with E-state index in [1.807, 2.05) is 6.07 Å².